The third kappa shape index (κ3) is 3.14. The first-order valence-corrected chi connectivity index (χ1v) is 10.7. The largest absolute Gasteiger partial charge is 0.487 e. The van der Waals surface area contributed by atoms with Crippen molar-refractivity contribution in [1.82, 2.24) is 14.5 Å². The first-order chi connectivity index (χ1) is 12.8. The number of fused-ring (bicyclic) bond motifs is 2. The van der Waals surface area contributed by atoms with E-state index in [0.717, 1.165) is 18.4 Å². The SMILES string of the molecule is Cc1ccc(OC2C[C@H]3CC[C@@H](C2)N3S(=O)(=O)c2c(C)n[nH]c2C)c(F)c1. The Morgan fingerprint density at radius 3 is 2.41 bits per heavy atom. The molecule has 3 heterocycles. The van der Waals surface area contributed by atoms with E-state index in [1.807, 2.05) is 13.0 Å². The smallest absolute Gasteiger partial charge is 0.247 e. The van der Waals surface area contributed by atoms with Crippen molar-refractivity contribution in [2.45, 2.75) is 69.5 Å². The average Bonchev–Trinajstić information content (AvgIpc) is 3.08. The number of aromatic amines is 1. The van der Waals surface area contributed by atoms with Crippen LogP contribution in [0.25, 0.3) is 0 Å². The molecule has 2 bridgehead atoms. The van der Waals surface area contributed by atoms with Crippen LogP contribution in [0, 0.1) is 26.6 Å². The Morgan fingerprint density at radius 2 is 1.85 bits per heavy atom. The summed E-state index contributed by atoms with van der Waals surface area (Å²) in [5.41, 5.74) is 1.89. The number of piperidine rings is 1. The molecule has 2 aliphatic rings. The highest BCUT2D eigenvalue weighted by molar-refractivity contribution is 7.89. The maximum absolute atomic E-state index is 14.1. The molecule has 6 nitrogen and oxygen atoms in total. The van der Waals surface area contributed by atoms with Crippen molar-refractivity contribution < 1.29 is 17.5 Å². The van der Waals surface area contributed by atoms with Gasteiger partial charge < -0.3 is 4.74 Å². The molecule has 0 amide bonds. The number of sulfonamides is 1. The fourth-order valence-corrected chi connectivity index (χ4v) is 6.71. The van der Waals surface area contributed by atoms with Crippen molar-refractivity contribution in [3.8, 4) is 5.75 Å². The van der Waals surface area contributed by atoms with Crippen LogP contribution in [-0.4, -0.2) is 41.1 Å². The van der Waals surface area contributed by atoms with Gasteiger partial charge in [-0.15, -0.1) is 0 Å². The highest BCUT2D eigenvalue weighted by Gasteiger charge is 2.49. The van der Waals surface area contributed by atoms with E-state index in [1.165, 1.54) is 6.07 Å². The van der Waals surface area contributed by atoms with E-state index in [1.54, 1.807) is 24.2 Å². The van der Waals surface area contributed by atoms with Crippen molar-refractivity contribution >= 4 is 10.0 Å². The Labute approximate surface area is 158 Å². The number of hydrogen-bond acceptors (Lipinski definition) is 4. The molecule has 1 N–H and O–H groups in total. The zero-order valence-electron chi connectivity index (χ0n) is 15.7. The lowest BCUT2D eigenvalue weighted by molar-refractivity contribution is 0.0921. The summed E-state index contributed by atoms with van der Waals surface area (Å²) in [6.07, 6.45) is 2.56. The minimum Gasteiger partial charge on any atom is -0.487 e. The van der Waals surface area contributed by atoms with Gasteiger partial charge in [-0.3, -0.25) is 5.10 Å². The highest BCUT2D eigenvalue weighted by Crippen LogP contribution is 2.41. The maximum atomic E-state index is 14.1. The predicted octanol–water partition coefficient (Wildman–Crippen LogP) is 3.24. The molecule has 0 aliphatic carbocycles. The van der Waals surface area contributed by atoms with Gasteiger partial charge >= 0.3 is 0 Å². The standard InChI is InChI=1S/C19H24FN3O3S/c1-11-4-7-18(17(20)8-11)26-16-9-14-5-6-15(10-16)23(14)27(24,25)19-12(2)21-22-13(19)3/h4,7-8,14-16H,5-6,9-10H2,1-3H3,(H,21,22)/t14-,15+,16?. The van der Waals surface area contributed by atoms with Crippen LogP contribution in [0.3, 0.4) is 0 Å². The molecule has 2 fully saturated rings. The van der Waals surface area contributed by atoms with Crippen LogP contribution in [0.4, 0.5) is 4.39 Å². The number of nitrogens with one attached hydrogen (secondary N) is 1. The lowest BCUT2D eigenvalue weighted by Crippen LogP contribution is -2.49. The Bertz CT molecular complexity index is 939. The van der Waals surface area contributed by atoms with Crippen molar-refractivity contribution in [3.05, 3.63) is 41.0 Å². The third-order valence-electron chi connectivity index (χ3n) is 5.60. The number of benzene rings is 1. The summed E-state index contributed by atoms with van der Waals surface area (Å²) in [5, 5.41) is 6.80. The zero-order valence-corrected chi connectivity index (χ0v) is 16.5. The van der Waals surface area contributed by atoms with Crippen LogP contribution in [0.1, 0.15) is 42.6 Å². The van der Waals surface area contributed by atoms with Gasteiger partial charge in [-0.05, 0) is 51.3 Å². The van der Waals surface area contributed by atoms with Gasteiger partial charge in [0.2, 0.25) is 10.0 Å². The van der Waals surface area contributed by atoms with Gasteiger partial charge in [-0.1, -0.05) is 6.07 Å². The number of aryl methyl sites for hydroxylation is 3. The van der Waals surface area contributed by atoms with E-state index in [0.29, 0.717) is 24.2 Å². The molecule has 0 saturated carbocycles. The number of nitrogens with zero attached hydrogens (tertiary/aromatic N) is 2. The Balaban J connectivity index is 1.56. The number of hydrogen-bond donors (Lipinski definition) is 1. The topological polar surface area (TPSA) is 75.3 Å². The molecule has 2 saturated heterocycles. The Hall–Kier alpha value is -1.93. The predicted molar refractivity (Wildman–Crippen MR) is 98.7 cm³/mol. The van der Waals surface area contributed by atoms with Gasteiger partial charge in [0, 0.05) is 24.9 Å². The van der Waals surface area contributed by atoms with Gasteiger partial charge in [-0.25, -0.2) is 12.8 Å². The molecule has 1 unspecified atom stereocenters. The van der Waals surface area contributed by atoms with Crippen LogP contribution >= 0.6 is 0 Å². The van der Waals surface area contributed by atoms with Crippen LogP contribution in [0.15, 0.2) is 23.1 Å². The van der Waals surface area contributed by atoms with E-state index in [-0.39, 0.29) is 34.6 Å². The molecule has 3 atom stereocenters. The van der Waals surface area contributed by atoms with Crippen molar-refractivity contribution in [3.63, 3.8) is 0 Å². The summed E-state index contributed by atoms with van der Waals surface area (Å²) in [6, 6.07) is 4.67. The van der Waals surface area contributed by atoms with Gasteiger partial charge in [-0.2, -0.15) is 9.40 Å². The number of H-pyrrole nitrogens is 1. The molecule has 27 heavy (non-hydrogen) atoms. The summed E-state index contributed by atoms with van der Waals surface area (Å²) < 4.78 is 48.2. The highest BCUT2D eigenvalue weighted by atomic mass is 32.2. The Kier molecular flexibility index (Phi) is 4.50. The van der Waals surface area contributed by atoms with E-state index in [2.05, 4.69) is 10.2 Å². The molecule has 1 aromatic carbocycles. The number of rotatable bonds is 4. The summed E-state index contributed by atoms with van der Waals surface area (Å²) in [7, 11) is -3.62. The molecule has 2 aromatic rings. The fourth-order valence-electron chi connectivity index (χ4n) is 4.48. The van der Waals surface area contributed by atoms with Gasteiger partial charge in [0.05, 0.1) is 11.4 Å². The van der Waals surface area contributed by atoms with E-state index >= 15 is 0 Å². The van der Waals surface area contributed by atoms with Crippen LogP contribution in [-0.2, 0) is 10.0 Å². The zero-order chi connectivity index (χ0) is 19.3. The Morgan fingerprint density at radius 1 is 1.19 bits per heavy atom. The minimum atomic E-state index is -3.62. The van der Waals surface area contributed by atoms with Crippen molar-refractivity contribution in [2.75, 3.05) is 0 Å². The lowest BCUT2D eigenvalue weighted by Gasteiger charge is -2.37. The van der Waals surface area contributed by atoms with E-state index < -0.39 is 10.0 Å². The molecule has 146 valence electrons. The second kappa shape index (κ2) is 6.60. The van der Waals surface area contributed by atoms with Gasteiger partial charge in [0.15, 0.2) is 11.6 Å². The maximum Gasteiger partial charge on any atom is 0.247 e. The van der Waals surface area contributed by atoms with Crippen LogP contribution in [0.2, 0.25) is 0 Å². The lowest BCUT2D eigenvalue weighted by atomic mass is 10.0. The van der Waals surface area contributed by atoms with Crippen molar-refractivity contribution in [2.24, 2.45) is 0 Å². The first-order valence-electron chi connectivity index (χ1n) is 9.25. The average molecular weight is 393 g/mol. The third-order valence-corrected chi connectivity index (χ3v) is 7.87. The molecular weight excluding hydrogens is 369 g/mol. The number of halogens is 1. The van der Waals surface area contributed by atoms with Crippen LogP contribution in [0.5, 0.6) is 5.75 Å². The molecule has 4 rings (SSSR count). The molecule has 0 radical (unpaired) electrons. The van der Waals surface area contributed by atoms with Crippen molar-refractivity contribution in [1.29, 1.82) is 0 Å². The minimum absolute atomic E-state index is 0.124. The number of ether oxygens (including phenoxy) is 1. The molecule has 1 aromatic heterocycles. The first kappa shape index (κ1) is 18.4. The second-order valence-corrected chi connectivity index (χ2v) is 9.41. The van der Waals surface area contributed by atoms with E-state index in [4.69, 9.17) is 4.74 Å². The van der Waals surface area contributed by atoms with Gasteiger partial charge in [0.25, 0.3) is 0 Å². The number of aromatic nitrogens is 2. The monoisotopic (exact) mass is 393 g/mol. The second-order valence-electron chi connectivity index (χ2n) is 7.63. The summed E-state index contributed by atoms with van der Waals surface area (Å²) in [6.45, 7) is 5.26. The van der Waals surface area contributed by atoms with Gasteiger partial charge in [0.1, 0.15) is 11.0 Å². The molecular formula is C19H24FN3O3S. The summed E-state index contributed by atoms with van der Waals surface area (Å²) >= 11 is 0. The summed E-state index contributed by atoms with van der Waals surface area (Å²) in [5.74, 6) is -0.134. The quantitative estimate of drug-likeness (QED) is 0.865. The van der Waals surface area contributed by atoms with E-state index in [9.17, 15) is 12.8 Å². The molecule has 0 spiro atoms. The molecule has 2 aliphatic heterocycles. The fraction of sp³-hybridized carbons (Fsp3) is 0.526. The summed E-state index contributed by atoms with van der Waals surface area (Å²) in [4.78, 5) is 0.281. The van der Waals surface area contributed by atoms with Crippen LogP contribution < -0.4 is 4.74 Å². The molecule has 8 heteroatoms. The normalized spacial score (nSPS) is 25.7.